The summed E-state index contributed by atoms with van der Waals surface area (Å²) in [6.07, 6.45) is 11.0. The van der Waals surface area contributed by atoms with Crippen molar-refractivity contribution in [3.63, 3.8) is 0 Å². The second-order valence-electron chi connectivity index (χ2n) is 11.6. The van der Waals surface area contributed by atoms with Crippen LogP contribution in [0.1, 0.15) is 77.6 Å². The average Bonchev–Trinajstić information content (AvgIpc) is 2.75. The Morgan fingerprint density at radius 3 is 2.03 bits per heavy atom. The fourth-order valence-electron chi connectivity index (χ4n) is 7.52. The Morgan fingerprint density at radius 1 is 0.818 bits per heavy atom. The SMILES string of the molecule is CCCCN1C[C@H](O)[C@@H](O)[C@H](O)[C@H]1COCCCCCOCC12CC3CC(CC(C3)C1)C2.Cl. The molecule has 5 rings (SSSR count). The third kappa shape index (κ3) is 7.05. The minimum absolute atomic E-state index is 0. The van der Waals surface area contributed by atoms with Crippen LogP contribution < -0.4 is 0 Å². The lowest BCUT2D eigenvalue weighted by Gasteiger charge is -2.56. The molecule has 0 unspecified atom stereocenters. The molecule has 4 atom stereocenters. The zero-order chi connectivity index (χ0) is 22.6. The first kappa shape index (κ1) is 27.6. The molecule has 1 heterocycles. The molecule has 1 saturated heterocycles. The minimum atomic E-state index is -1.09. The third-order valence-electron chi connectivity index (χ3n) is 8.77. The van der Waals surface area contributed by atoms with Gasteiger partial charge in [-0.2, -0.15) is 0 Å². The number of ether oxygens (including phenoxy) is 2. The van der Waals surface area contributed by atoms with Gasteiger partial charge in [0.1, 0.15) is 12.2 Å². The van der Waals surface area contributed by atoms with Crippen LogP contribution in [0.25, 0.3) is 0 Å². The van der Waals surface area contributed by atoms with Gasteiger partial charge in [-0.15, -0.1) is 12.4 Å². The van der Waals surface area contributed by atoms with Crippen molar-refractivity contribution in [2.75, 3.05) is 39.5 Å². The van der Waals surface area contributed by atoms with E-state index in [1.165, 1.54) is 38.5 Å². The van der Waals surface area contributed by atoms with E-state index in [4.69, 9.17) is 9.47 Å². The maximum Gasteiger partial charge on any atom is 0.109 e. The van der Waals surface area contributed by atoms with Crippen LogP contribution in [0.2, 0.25) is 0 Å². The van der Waals surface area contributed by atoms with Crippen LogP contribution in [0.4, 0.5) is 0 Å². The first-order valence-electron chi connectivity index (χ1n) is 13.4. The van der Waals surface area contributed by atoms with Gasteiger partial charge in [-0.25, -0.2) is 0 Å². The minimum Gasteiger partial charge on any atom is -0.389 e. The monoisotopic (exact) mass is 489 g/mol. The standard InChI is InChI=1S/C26H47NO5.ClH/c1-2-3-7-27-16-23(28)25(30)24(29)22(27)17-31-8-5-4-6-9-32-18-26-13-19-10-20(14-26)12-21(11-19)15-26;/h19-25,28-30H,2-18H2,1H3;1H/t19?,20?,21?,22-,23+,24-,25-,26?;/m1./s1. The molecule has 7 heteroatoms. The van der Waals surface area contributed by atoms with E-state index in [1.54, 1.807) is 0 Å². The highest BCUT2D eigenvalue weighted by Crippen LogP contribution is 2.60. The largest absolute Gasteiger partial charge is 0.389 e. The van der Waals surface area contributed by atoms with Crippen molar-refractivity contribution < 1.29 is 24.8 Å². The normalized spacial score (nSPS) is 40.2. The highest BCUT2D eigenvalue weighted by atomic mass is 35.5. The number of aliphatic hydroxyl groups is 3. The van der Waals surface area contributed by atoms with Crippen LogP contribution in [0, 0.1) is 23.2 Å². The van der Waals surface area contributed by atoms with Crippen LogP contribution in [-0.4, -0.2) is 84.1 Å². The topological polar surface area (TPSA) is 82.4 Å². The van der Waals surface area contributed by atoms with E-state index in [2.05, 4.69) is 11.8 Å². The van der Waals surface area contributed by atoms with Gasteiger partial charge in [0.2, 0.25) is 0 Å². The molecule has 33 heavy (non-hydrogen) atoms. The van der Waals surface area contributed by atoms with Crippen molar-refractivity contribution in [1.82, 2.24) is 4.90 Å². The van der Waals surface area contributed by atoms with Gasteiger partial charge >= 0.3 is 0 Å². The van der Waals surface area contributed by atoms with Crippen LogP contribution in [0.5, 0.6) is 0 Å². The molecule has 0 aromatic rings. The van der Waals surface area contributed by atoms with Crippen LogP contribution in [0.15, 0.2) is 0 Å². The highest BCUT2D eigenvalue weighted by Gasteiger charge is 2.50. The average molecular weight is 490 g/mol. The molecule has 4 aliphatic carbocycles. The fraction of sp³-hybridized carbons (Fsp3) is 1.00. The van der Waals surface area contributed by atoms with Gasteiger partial charge < -0.3 is 24.8 Å². The quantitative estimate of drug-likeness (QED) is 0.344. The number of rotatable bonds is 13. The Kier molecular flexibility index (Phi) is 10.8. The van der Waals surface area contributed by atoms with Crippen molar-refractivity contribution in [1.29, 1.82) is 0 Å². The smallest absolute Gasteiger partial charge is 0.109 e. The predicted octanol–water partition coefficient (Wildman–Crippen LogP) is 3.40. The maximum atomic E-state index is 10.4. The lowest BCUT2D eigenvalue weighted by Crippen LogP contribution is -2.62. The second-order valence-corrected chi connectivity index (χ2v) is 11.6. The molecule has 194 valence electrons. The van der Waals surface area contributed by atoms with E-state index in [0.29, 0.717) is 25.2 Å². The van der Waals surface area contributed by atoms with E-state index in [9.17, 15) is 15.3 Å². The molecule has 0 spiro atoms. The summed E-state index contributed by atoms with van der Waals surface area (Å²) < 4.78 is 12.0. The van der Waals surface area contributed by atoms with Gasteiger partial charge in [-0.1, -0.05) is 13.3 Å². The van der Waals surface area contributed by atoms with E-state index >= 15 is 0 Å². The molecule has 4 saturated carbocycles. The number of unbranched alkanes of at least 4 members (excludes halogenated alkanes) is 3. The Balaban J connectivity index is 0.00000306. The molecule has 1 aliphatic heterocycles. The molecule has 0 radical (unpaired) electrons. The van der Waals surface area contributed by atoms with Crippen molar-refractivity contribution in [3.8, 4) is 0 Å². The molecular formula is C26H48ClNO5. The number of likely N-dealkylation sites (tertiary alicyclic amines) is 1. The summed E-state index contributed by atoms with van der Waals surface area (Å²) in [7, 11) is 0. The van der Waals surface area contributed by atoms with Crippen LogP contribution >= 0.6 is 12.4 Å². The summed E-state index contributed by atoms with van der Waals surface area (Å²) in [6, 6.07) is -0.247. The Hall–Kier alpha value is 0.0500. The summed E-state index contributed by atoms with van der Waals surface area (Å²) >= 11 is 0. The highest BCUT2D eigenvalue weighted by molar-refractivity contribution is 5.85. The van der Waals surface area contributed by atoms with Gasteiger partial charge in [-0.05, 0) is 93.9 Å². The number of hydrogen-bond donors (Lipinski definition) is 3. The number of β-amino-alcohol motifs (C(OH)–C–C–N with tert-alkyl or cyclic N) is 1. The molecule has 0 amide bonds. The predicted molar refractivity (Wildman–Crippen MR) is 132 cm³/mol. The maximum absolute atomic E-state index is 10.4. The van der Waals surface area contributed by atoms with Gasteiger partial charge in [0, 0.05) is 19.8 Å². The van der Waals surface area contributed by atoms with Crippen molar-refractivity contribution in [2.45, 2.75) is 102 Å². The summed E-state index contributed by atoms with van der Waals surface area (Å²) in [5, 5.41) is 30.5. The third-order valence-corrected chi connectivity index (χ3v) is 8.77. The number of nitrogens with zero attached hydrogens (tertiary/aromatic N) is 1. The Morgan fingerprint density at radius 2 is 1.42 bits per heavy atom. The number of aliphatic hydroxyl groups excluding tert-OH is 3. The van der Waals surface area contributed by atoms with Gasteiger partial charge in [-0.3, -0.25) is 4.90 Å². The molecular weight excluding hydrogens is 442 g/mol. The fourth-order valence-corrected chi connectivity index (χ4v) is 7.52. The van der Waals surface area contributed by atoms with Gasteiger partial charge in [0.15, 0.2) is 0 Å². The first-order chi connectivity index (χ1) is 15.5. The van der Waals surface area contributed by atoms with Crippen LogP contribution in [0.3, 0.4) is 0 Å². The number of hydrogen-bond acceptors (Lipinski definition) is 6. The zero-order valence-corrected chi connectivity index (χ0v) is 21.4. The van der Waals surface area contributed by atoms with Gasteiger partial charge in [0.25, 0.3) is 0 Å². The number of piperidine rings is 1. The molecule has 0 aromatic heterocycles. The first-order valence-corrected chi connectivity index (χ1v) is 13.4. The van der Waals surface area contributed by atoms with Crippen LogP contribution in [-0.2, 0) is 9.47 Å². The van der Waals surface area contributed by atoms with E-state index in [0.717, 1.165) is 69.6 Å². The Bertz CT molecular complexity index is 544. The van der Waals surface area contributed by atoms with Crippen molar-refractivity contribution in [2.24, 2.45) is 23.2 Å². The molecule has 5 fully saturated rings. The molecule has 4 bridgehead atoms. The van der Waals surface area contributed by atoms with Crippen molar-refractivity contribution in [3.05, 3.63) is 0 Å². The summed E-state index contributed by atoms with van der Waals surface area (Å²) in [4.78, 5) is 2.07. The second kappa shape index (κ2) is 12.8. The lowest BCUT2D eigenvalue weighted by atomic mass is 9.50. The summed E-state index contributed by atoms with van der Waals surface area (Å²) in [5.41, 5.74) is 0.514. The molecule has 0 aromatic carbocycles. The van der Waals surface area contributed by atoms with Crippen molar-refractivity contribution >= 4 is 12.4 Å². The lowest BCUT2D eigenvalue weighted by molar-refractivity contribution is -0.149. The molecule has 6 nitrogen and oxygen atoms in total. The van der Waals surface area contributed by atoms with Gasteiger partial charge in [0.05, 0.1) is 25.4 Å². The Labute approximate surface area is 206 Å². The van der Waals surface area contributed by atoms with E-state index in [-0.39, 0.29) is 18.4 Å². The van der Waals surface area contributed by atoms with E-state index < -0.39 is 18.3 Å². The molecule has 3 N–H and O–H groups in total. The summed E-state index contributed by atoms with van der Waals surface area (Å²) in [5.74, 6) is 2.98. The summed E-state index contributed by atoms with van der Waals surface area (Å²) in [6.45, 7) is 6.24. The zero-order valence-electron chi connectivity index (χ0n) is 20.6. The molecule has 5 aliphatic rings. The number of halogens is 1. The van der Waals surface area contributed by atoms with E-state index in [1.807, 2.05) is 0 Å².